The Hall–Kier alpha value is -3.49. The first-order valence-electron chi connectivity index (χ1n) is 13.1. The number of imide groups is 1. The average Bonchev–Trinajstić information content (AvgIpc) is 3.61. The van der Waals surface area contributed by atoms with Crippen LogP contribution in [0.1, 0.15) is 29.5 Å². The number of aromatic nitrogens is 2. The summed E-state index contributed by atoms with van der Waals surface area (Å²) in [5.74, 6) is -0.0284. The smallest absolute Gasteiger partial charge is 0.328 e. The molecule has 3 heterocycles. The van der Waals surface area contributed by atoms with Crippen LogP contribution in [0.25, 0.3) is 11.3 Å². The lowest BCUT2D eigenvalue weighted by atomic mass is 9.85. The van der Waals surface area contributed by atoms with E-state index in [4.69, 9.17) is 4.74 Å². The zero-order valence-electron chi connectivity index (χ0n) is 21.2. The van der Waals surface area contributed by atoms with Gasteiger partial charge >= 0.3 is 6.03 Å². The molecule has 1 aliphatic carbocycles. The number of piperidine rings is 1. The summed E-state index contributed by atoms with van der Waals surface area (Å²) in [4.78, 5) is 33.5. The van der Waals surface area contributed by atoms with Crippen LogP contribution in [0.4, 0.5) is 4.79 Å². The summed E-state index contributed by atoms with van der Waals surface area (Å²) in [6.07, 6.45) is 4.60. The van der Waals surface area contributed by atoms with Gasteiger partial charge in [-0.05, 0) is 42.4 Å². The first-order chi connectivity index (χ1) is 18.1. The number of ether oxygens (including phenoxy) is 1. The van der Waals surface area contributed by atoms with E-state index in [-0.39, 0.29) is 18.0 Å². The summed E-state index contributed by atoms with van der Waals surface area (Å²) in [5.41, 5.74) is 4.96. The molecule has 3 amide bonds. The number of amides is 3. The van der Waals surface area contributed by atoms with E-state index in [0.717, 1.165) is 49.3 Å². The van der Waals surface area contributed by atoms with Gasteiger partial charge in [-0.3, -0.25) is 19.7 Å². The second-order valence-electron chi connectivity index (χ2n) is 10.4. The number of carbonyl (C=O) groups excluding carboxylic acids is 2. The molecule has 3 aromatic rings. The van der Waals surface area contributed by atoms with Gasteiger partial charge in [-0.25, -0.2) is 4.79 Å². The Labute approximate surface area is 217 Å². The fourth-order valence-electron chi connectivity index (χ4n) is 6.36. The molecule has 0 saturated carbocycles. The van der Waals surface area contributed by atoms with Crippen LogP contribution in [0.2, 0.25) is 0 Å². The number of carbonyl (C=O) groups is 2. The van der Waals surface area contributed by atoms with Gasteiger partial charge in [-0.2, -0.15) is 5.10 Å². The summed E-state index contributed by atoms with van der Waals surface area (Å²) in [5, 5.41) is 7.44. The van der Waals surface area contributed by atoms with E-state index in [9.17, 15) is 9.59 Å². The highest BCUT2D eigenvalue weighted by atomic mass is 16.5. The van der Waals surface area contributed by atoms with Gasteiger partial charge in [0, 0.05) is 44.9 Å². The second-order valence-corrected chi connectivity index (χ2v) is 10.4. The van der Waals surface area contributed by atoms with E-state index < -0.39 is 5.54 Å². The molecule has 8 heteroatoms. The SMILES string of the molecule is COCCN1C(=O)N(C2Cc3ccccc3C2)C(=O)C12CCN(Cc1cn[nH]c1-c1ccccc1)CC2. The molecule has 6 rings (SSSR count). The summed E-state index contributed by atoms with van der Waals surface area (Å²) < 4.78 is 5.33. The van der Waals surface area contributed by atoms with Gasteiger partial charge < -0.3 is 9.64 Å². The van der Waals surface area contributed by atoms with E-state index in [1.165, 1.54) is 11.1 Å². The Kier molecular flexibility index (Phi) is 6.30. The van der Waals surface area contributed by atoms with Crippen molar-refractivity contribution in [2.24, 2.45) is 0 Å². The van der Waals surface area contributed by atoms with Crippen molar-refractivity contribution in [3.05, 3.63) is 77.5 Å². The van der Waals surface area contributed by atoms with Crippen molar-refractivity contribution in [3.8, 4) is 11.3 Å². The second kappa shape index (κ2) is 9.76. The lowest BCUT2D eigenvalue weighted by Crippen LogP contribution is -2.57. The third-order valence-electron chi connectivity index (χ3n) is 8.34. The summed E-state index contributed by atoms with van der Waals surface area (Å²) in [6, 6.07) is 18.2. The van der Waals surface area contributed by atoms with E-state index >= 15 is 0 Å². The molecule has 0 radical (unpaired) electrons. The van der Waals surface area contributed by atoms with Crippen LogP contribution in [-0.2, 0) is 28.9 Å². The van der Waals surface area contributed by atoms with E-state index in [1.807, 2.05) is 41.4 Å². The molecule has 0 unspecified atom stereocenters. The average molecular weight is 500 g/mol. The number of nitrogens with zero attached hydrogens (tertiary/aromatic N) is 4. The Morgan fingerprint density at radius 1 is 1.00 bits per heavy atom. The number of urea groups is 1. The largest absolute Gasteiger partial charge is 0.383 e. The number of hydrogen-bond acceptors (Lipinski definition) is 5. The molecule has 2 aliphatic heterocycles. The van der Waals surface area contributed by atoms with Crippen LogP contribution in [0.15, 0.2) is 60.8 Å². The molecule has 192 valence electrons. The van der Waals surface area contributed by atoms with Crippen molar-refractivity contribution < 1.29 is 14.3 Å². The standard InChI is InChI=1S/C29H33N5O3/c1-37-16-15-33-28(36)34(25-17-22-9-5-6-10-23(22)18-25)27(35)29(33)11-13-32(14-12-29)20-24-19-30-31-26(24)21-7-3-2-4-8-21/h2-10,19,25H,11-18,20H2,1H3,(H,30,31). The van der Waals surface area contributed by atoms with Gasteiger partial charge in [0.25, 0.3) is 5.91 Å². The summed E-state index contributed by atoms with van der Waals surface area (Å²) >= 11 is 0. The highest BCUT2D eigenvalue weighted by Crippen LogP contribution is 2.40. The zero-order chi connectivity index (χ0) is 25.4. The molecule has 3 aliphatic rings. The quantitative estimate of drug-likeness (QED) is 0.504. The van der Waals surface area contributed by atoms with Crippen LogP contribution in [0, 0.1) is 0 Å². The molecule has 37 heavy (non-hydrogen) atoms. The Morgan fingerprint density at radius 2 is 1.68 bits per heavy atom. The fourth-order valence-corrected chi connectivity index (χ4v) is 6.36. The van der Waals surface area contributed by atoms with Gasteiger partial charge in [0.2, 0.25) is 0 Å². The Balaban J connectivity index is 1.19. The number of benzene rings is 2. The first-order valence-corrected chi connectivity index (χ1v) is 13.1. The van der Waals surface area contributed by atoms with Gasteiger partial charge in [0.1, 0.15) is 5.54 Å². The summed E-state index contributed by atoms with van der Waals surface area (Å²) in [6.45, 7) is 3.07. The molecule has 2 saturated heterocycles. The van der Waals surface area contributed by atoms with E-state index in [1.54, 1.807) is 12.0 Å². The maximum absolute atomic E-state index is 14.1. The van der Waals surface area contributed by atoms with Crippen molar-refractivity contribution in [3.63, 3.8) is 0 Å². The van der Waals surface area contributed by atoms with E-state index in [2.05, 4.69) is 39.4 Å². The predicted octanol–water partition coefficient (Wildman–Crippen LogP) is 3.49. The number of hydrogen-bond donors (Lipinski definition) is 1. The van der Waals surface area contributed by atoms with Crippen molar-refractivity contribution in [1.82, 2.24) is 24.9 Å². The molecular weight excluding hydrogens is 466 g/mol. The first kappa shape index (κ1) is 23.9. The molecule has 2 aromatic carbocycles. The number of nitrogens with one attached hydrogen (secondary N) is 1. The number of methoxy groups -OCH3 is 1. The van der Waals surface area contributed by atoms with Crippen LogP contribution in [0.5, 0.6) is 0 Å². The highest BCUT2D eigenvalue weighted by Gasteiger charge is 2.59. The molecule has 1 aromatic heterocycles. The molecule has 1 spiro atoms. The van der Waals surface area contributed by atoms with Gasteiger partial charge in [0.15, 0.2) is 0 Å². The van der Waals surface area contributed by atoms with Gasteiger partial charge in [-0.1, -0.05) is 54.6 Å². The monoisotopic (exact) mass is 499 g/mol. The third-order valence-corrected chi connectivity index (χ3v) is 8.34. The molecule has 2 fully saturated rings. The molecule has 0 bridgehead atoms. The van der Waals surface area contributed by atoms with Crippen LogP contribution >= 0.6 is 0 Å². The van der Waals surface area contributed by atoms with Crippen molar-refractivity contribution >= 4 is 11.9 Å². The lowest BCUT2D eigenvalue weighted by Gasteiger charge is -2.42. The Morgan fingerprint density at radius 3 is 2.35 bits per heavy atom. The van der Waals surface area contributed by atoms with Crippen LogP contribution in [-0.4, -0.2) is 81.8 Å². The zero-order valence-corrected chi connectivity index (χ0v) is 21.2. The maximum Gasteiger partial charge on any atom is 0.328 e. The van der Waals surface area contributed by atoms with Gasteiger partial charge in [0.05, 0.1) is 18.5 Å². The minimum atomic E-state index is -0.792. The predicted molar refractivity (Wildman–Crippen MR) is 140 cm³/mol. The lowest BCUT2D eigenvalue weighted by molar-refractivity contribution is -0.137. The topological polar surface area (TPSA) is 81.8 Å². The number of fused-ring (bicyclic) bond motifs is 1. The van der Waals surface area contributed by atoms with Gasteiger partial charge in [-0.15, -0.1) is 0 Å². The number of rotatable bonds is 7. The molecule has 0 atom stereocenters. The van der Waals surface area contributed by atoms with Crippen molar-refractivity contribution in [2.75, 3.05) is 33.4 Å². The number of H-pyrrole nitrogens is 1. The molecule has 8 nitrogen and oxygen atoms in total. The van der Waals surface area contributed by atoms with Crippen molar-refractivity contribution in [1.29, 1.82) is 0 Å². The summed E-state index contributed by atoms with van der Waals surface area (Å²) in [7, 11) is 1.64. The number of aromatic amines is 1. The highest BCUT2D eigenvalue weighted by molar-refractivity contribution is 6.07. The molecule has 1 N–H and O–H groups in total. The third kappa shape index (κ3) is 4.14. The van der Waals surface area contributed by atoms with Crippen molar-refractivity contribution in [2.45, 2.75) is 43.8 Å². The minimum absolute atomic E-state index is 0.0284. The fraction of sp³-hybridized carbons (Fsp3) is 0.414. The van der Waals surface area contributed by atoms with Crippen LogP contribution in [0.3, 0.4) is 0 Å². The van der Waals surface area contributed by atoms with E-state index in [0.29, 0.717) is 26.0 Å². The van der Waals surface area contributed by atoms with Crippen LogP contribution < -0.4 is 0 Å². The maximum atomic E-state index is 14.1. The molecular formula is C29H33N5O3. The number of likely N-dealkylation sites (tertiary alicyclic amines) is 1. The normalized spacial score (nSPS) is 19.8. The minimum Gasteiger partial charge on any atom is -0.383 e. The Bertz CT molecular complexity index is 1260.